The minimum Gasteiger partial charge on any atom is -0.365 e. The minimum absolute atomic E-state index is 0.0207. The fourth-order valence-corrected chi connectivity index (χ4v) is 1.79. The lowest BCUT2D eigenvalue weighted by Crippen LogP contribution is -2.14. The SMILES string of the molecule is NC(=O)c1cccnc1Nc1cc(C(F)(F)F)ccc1Cl. The molecule has 0 unspecified atom stereocenters. The van der Waals surface area contributed by atoms with Gasteiger partial charge < -0.3 is 11.1 Å². The van der Waals surface area contributed by atoms with Gasteiger partial charge in [-0.25, -0.2) is 4.98 Å². The van der Waals surface area contributed by atoms with E-state index in [0.29, 0.717) is 0 Å². The molecule has 0 atom stereocenters. The molecule has 0 saturated heterocycles. The molecule has 8 heteroatoms. The summed E-state index contributed by atoms with van der Waals surface area (Å²) in [7, 11) is 0. The van der Waals surface area contributed by atoms with Gasteiger partial charge in [-0.3, -0.25) is 4.79 Å². The first kappa shape index (κ1) is 15.1. The first-order valence-corrected chi connectivity index (χ1v) is 6.05. The third-order valence-corrected chi connectivity index (χ3v) is 2.95. The number of aromatic nitrogens is 1. The predicted octanol–water partition coefficient (Wildman–Crippen LogP) is 3.60. The van der Waals surface area contributed by atoms with Gasteiger partial charge in [0, 0.05) is 6.20 Å². The highest BCUT2D eigenvalue weighted by Gasteiger charge is 2.31. The van der Waals surface area contributed by atoms with Gasteiger partial charge in [0.05, 0.1) is 21.8 Å². The van der Waals surface area contributed by atoms with E-state index >= 15 is 0 Å². The third-order valence-electron chi connectivity index (χ3n) is 2.62. The van der Waals surface area contributed by atoms with Crippen LogP contribution in [0, 0.1) is 0 Å². The van der Waals surface area contributed by atoms with E-state index in [4.69, 9.17) is 17.3 Å². The Morgan fingerprint density at radius 3 is 2.62 bits per heavy atom. The number of amides is 1. The standard InChI is InChI=1S/C13H9ClF3N3O/c14-9-4-3-7(13(15,16)17)6-10(9)20-12-8(11(18)21)2-1-5-19-12/h1-6H,(H2,18,21)(H,19,20). The summed E-state index contributed by atoms with van der Waals surface area (Å²) >= 11 is 5.85. The molecule has 0 aliphatic heterocycles. The van der Waals surface area contributed by atoms with Gasteiger partial charge in [-0.1, -0.05) is 11.6 Å². The summed E-state index contributed by atoms with van der Waals surface area (Å²) in [5.74, 6) is -0.722. The normalized spacial score (nSPS) is 11.2. The van der Waals surface area contributed by atoms with Crippen molar-refractivity contribution in [2.75, 3.05) is 5.32 Å². The van der Waals surface area contributed by atoms with Crippen LogP contribution in [0.4, 0.5) is 24.7 Å². The molecular formula is C13H9ClF3N3O. The molecule has 2 rings (SSSR count). The van der Waals surface area contributed by atoms with Gasteiger partial charge in [-0.05, 0) is 30.3 Å². The van der Waals surface area contributed by atoms with Gasteiger partial charge in [0.1, 0.15) is 5.82 Å². The minimum atomic E-state index is -4.50. The van der Waals surface area contributed by atoms with Crippen LogP contribution in [0.25, 0.3) is 0 Å². The number of pyridine rings is 1. The molecule has 1 aromatic carbocycles. The maximum Gasteiger partial charge on any atom is 0.416 e. The number of anilines is 2. The average Bonchev–Trinajstić information content (AvgIpc) is 2.40. The molecule has 3 N–H and O–H groups in total. The zero-order chi connectivity index (χ0) is 15.6. The fraction of sp³-hybridized carbons (Fsp3) is 0.0769. The number of nitrogens with zero attached hydrogens (tertiary/aromatic N) is 1. The molecule has 0 aliphatic carbocycles. The van der Waals surface area contributed by atoms with E-state index in [1.807, 2.05) is 0 Å². The zero-order valence-corrected chi connectivity index (χ0v) is 11.2. The Labute approximate surface area is 122 Å². The molecule has 0 saturated carbocycles. The molecule has 1 heterocycles. The fourth-order valence-electron chi connectivity index (χ4n) is 1.63. The maximum absolute atomic E-state index is 12.7. The summed E-state index contributed by atoms with van der Waals surface area (Å²) in [6.07, 6.45) is -3.13. The van der Waals surface area contributed by atoms with Crippen LogP contribution in [0.3, 0.4) is 0 Å². The quantitative estimate of drug-likeness (QED) is 0.909. The number of rotatable bonds is 3. The second kappa shape index (κ2) is 5.61. The number of hydrogen-bond donors (Lipinski definition) is 2. The van der Waals surface area contributed by atoms with Crippen LogP contribution in [0.5, 0.6) is 0 Å². The number of carbonyl (C=O) groups excluding carboxylic acids is 1. The van der Waals surface area contributed by atoms with Crippen molar-refractivity contribution in [2.24, 2.45) is 5.73 Å². The summed E-state index contributed by atoms with van der Waals surface area (Å²) in [4.78, 5) is 15.1. The monoisotopic (exact) mass is 315 g/mol. The van der Waals surface area contributed by atoms with Crippen molar-refractivity contribution in [3.05, 3.63) is 52.7 Å². The van der Waals surface area contributed by atoms with E-state index in [9.17, 15) is 18.0 Å². The topological polar surface area (TPSA) is 68.0 Å². The molecule has 1 amide bonds. The molecule has 110 valence electrons. The van der Waals surface area contributed by atoms with Crippen molar-refractivity contribution in [3.63, 3.8) is 0 Å². The van der Waals surface area contributed by atoms with Crippen LogP contribution in [0.2, 0.25) is 5.02 Å². The van der Waals surface area contributed by atoms with E-state index in [1.54, 1.807) is 0 Å². The molecule has 0 fully saturated rings. The van der Waals surface area contributed by atoms with Crippen molar-refractivity contribution in [1.29, 1.82) is 0 Å². The smallest absolute Gasteiger partial charge is 0.365 e. The lowest BCUT2D eigenvalue weighted by molar-refractivity contribution is -0.137. The summed E-state index contributed by atoms with van der Waals surface area (Å²) in [5.41, 5.74) is 4.33. The third kappa shape index (κ3) is 3.43. The van der Waals surface area contributed by atoms with Gasteiger partial charge in [-0.2, -0.15) is 13.2 Å². The molecule has 0 bridgehead atoms. The highest BCUT2D eigenvalue weighted by Crippen LogP contribution is 2.35. The number of nitrogens with two attached hydrogens (primary N) is 1. The van der Waals surface area contributed by atoms with Crippen molar-refractivity contribution in [3.8, 4) is 0 Å². The zero-order valence-electron chi connectivity index (χ0n) is 10.4. The lowest BCUT2D eigenvalue weighted by Gasteiger charge is -2.13. The molecule has 0 spiro atoms. The Morgan fingerprint density at radius 2 is 2.00 bits per heavy atom. The Kier molecular flexibility index (Phi) is 4.04. The second-order valence-corrected chi connectivity index (χ2v) is 4.49. The Morgan fingerprint density at radius 1 is 1.29 bits per heavy atom. The average molecular weight is 316 g/mol. The van der Waals surface area contributed by atoms with Crippen molar-refractivity contribution < 1.29 is 18.0 Å². The number of halogens is 4. The lowest BCUT2D eigenvalue weighted by atomic mass is 10.2. The molecule has 2 aromatic rings. The molecule has 21 heavy (non-hydrogen) atoms. The molecule has 0 radical (unpaired) electrons. The van der Waals surface area contributed by atoms with Crippen LogP contribution in [0.15, 0.2) is 36.5 Å². The van der Waals surface area contributed by atoms with Gasteiger partial charge in [0.15, 0.2) is 0 Å². The number of benzene rings is 1. The van der Waals surface area contributed by atoms with E-state index in [2.05, 4.69) is 10.3 Å². The van der Waals surface area contributed by atoms with Gasteiger partial charge in [-0.15, -0.1) is 0 Å². The van der Waals surface area contributed by atoms with Crippen molar-refractivity contribution >= 4 is 29.0 Å². The summed E-state index contributed by atoms with van der Waals surface area (Å²) < 4.78 is 38.1. The Bertz CT molecular complexity index is 689. The first-order valence-electron chi connectivity index (χ1n) is 5.67. The number of primary amides is 1. The maximum atomic E-state index is 12.7. The Balaban J connectivity index is 2.43. The van der Waals surface area contributed by atoms with Gasteiger partial charge in [0.2, 0.25) is 0 Å². The highest BCUT2D eigenvalue weighted by molar-refractivity contribution is 6.33. The highest BCUT2D eigenvalue weighted by atomic mass is 35.5. The van der Waals surface area contributed by atoms with Crippen LogP contribution >= 0.6 is 11.6 Å². The summed E-state index contributed by atoms with van der Waals surface area (Å²) in [6, 6.07) is 5.69. The number of hydrogen-bond acceptors (Lipinski definition) is 3. The van der Waals surface area contributed by atoms with Crippen LogP contribution < -0.4 is 11.1 Å². The van der Waals surface area contributed by atoms with Crippen molar-refractivity contribution in [2.45, 2.75) is 6.18 Å². The second-order valence-electron chi connectivity index (χ2n) is 4.08. The molecule has 0 aliphatic rings. The molecule has 1 aromatic heterocycles. The van der Waals surface area contributed by atoms with Gasteiger partial charge >= 0.3 is 6.18 Å². The van der Waals surface area contributed by atoms with E-state index < -0.39 is 17.6 Å². The molecular weight excluding hydrogens is 307 g/mol. The Hall–Kier alpha value is -2.28. The number of carbonyl (C=O) groups is 1. The van der Waals surface area contributed by atoms with Crippen LogP contribution in [-0.4, -0.2) is 10.9 Å². The van der Waals surface area contributed by atoms with Crippen LogP contribution in [-0.2, 0) is 6.18 Å². The van der Waals surface area contributed by atoms with Gasteiger partial charge in [0.25, 0.3) is 5.91 Å². The summed E-state index contributed by atoms with van der Waals surface area (Å²) in [5, 5.41) is 2.65. The molecule has 4 nitrogen and oxygen atoms in total. The number of nitrogens with one attached hydrogen (secondary N) is 1. The largest absolute Gasteiger partial charge is 0.416 e. The van der Waals surface area contributed by atoms with E-state index in [-0.39, 0.29) is 22.1 Å². The van der Waals surface area contributed by atoms with E-state index in [1.165, 1.54) is 18.3 Å². The van der Waals surface area contributed by atoms with Crippen LogP contribution in [0.1, 0.15) is 15.9 Å². The van der Waals surface area contributed by atoms with Crippen molar-refractivity contribution in [1.82, 2.24) is 4.98 Å². The predicted molar refractivity (Wildman–Crippen MR) is 72.5 cm³/mol. The van der Waals surface area contributed by atoms with E-state index in [0.717, 1.165) is 18.2 Å². The summed E-state index contributed by atoms with van der Waals surface area (Å²) in [6.45, 7) is 0. The number of alkyl halides is 3. The first-order chi connectivity index (χ1) is 9.79.